The molecule has 1 aromatic carbocycles. The van der Waals surface area contributed by atoms with E-state index in [1.165, 1.54) is 30.6 Å². The molecule has 3 aromatic rings. The molecule has 0 radical (unpaired) electrons. The smallest absolute Gasteiger partial charge is 0.275 e. The first-order valence-electron chi connectivity index (χ1n) is 7.33. The predicted octanol–water partition coefficient (Wildman–Crippen LogP) is 3.53. The molecule has 3 rings (SSSR count). The van der Waals surface area contributed by atoms with E-state index in [4.69, 9.17) is 11.6 Å². The third-order valence-corrected chi connectivity index (χ3v) is 3.55. The molecule has 0 aliphatic rings. The number of pyridine rings is 1. The number of carbonyl (C=O) groups excluding carboxylic acids is 1. The molecule has 0 aliphatic carbocycles. The topological polar surface area (TPSA) is 79.8 Å². The zero-order chi connectivity index (χ0) is 17.6. The summed E-state index contributed by atoms with van der Waals surface area (Å²) in [4.78, 5) is 24.4. The number of amides is 1. The van der Waals surface area contributed by atoms with Gasteiger partial charge in [0.25, 0.3) is 5.91 Å². The van der Waals surface area contributed by atoms with Crippen LogP contribution in [0.2, 0.25) is 5.02 Å². The van der Waals surface area contributed by atoms with Gasteiger partial charge in [-0.15, -0.1) is 0 Å². The van der Waals surface area contributed by atoms with Crippen molar-refractivity contribution in [2.75, 3.05) is 10.6 Å². The highest BCUT2D eigenvalue weighted by Crippen LogP contribution is 2.19. The Morgan fingerprint density at radius 3 is 2.72 bits per heavy atom. The van der Waals surface area contributed by atoms with Crippen LogP contribution in [0.5, 0.6) is 0 Å². The number of hydrogen-bond acceptors (Lipinski definition) is 5. The van der Waals surface area contributed by atoms with Crippen LogP contribution in [0.25, 0.3) is 0 Å². The summed E-state index contributed by atoms with van der Waals surface area (Å²) in [5.74, 6) is -0.484. The third kappa shape index (κ3) is 4.48. The second-order valence-electron chi connectivity index (χ2n) is 5.08. The quantitative estimate of drug-likeness (QED) is 0.730. The predicted molar refractivity (Wildman–Crippen MR) is 93.0 cm³/mol. The summed E-state index contributed by atoms with van der Waals surface area (Å²) in [5.41, 5.74) is 1.50. The zero-order valence-electron chi connectivity index (χ0n) is 12.9. The normalized spacial score (nSPS) is 10.3. The maximum absolute atomic E-state index is 13.1. The maximum Gasteiger partial charge on any atom is 0.275 e. The standard InChI is InChI=1S/C17H13ClFN5O/c18-13-6-12(3-4-14(13)19)24-17(25)15-9-23-16(10-21-15)22-8-11-2-1-5-20-7-11/h1-7,9-10H,8H2,(H,22,23)(H,24,25). The molecule has 0 bridgehead atoms. The molecule has 0 saturated carbocycles. The number of carbonyl (C=O) groups is 1. The van der Waals surface area contributed by atoms with Gasteiger partial charge in [0.05, 0.1) is 17.4 Å². The van der Waals surface area contributed by atoms with Crippen molar-refractivity contribution >= 4 is 29.0 Å². The summed E-state index contributed by atoms with van der Waals surface area (Å²) in [6, 6.07) is 7.69. The summed E-state index contributed by atoms with van der Waals surface area (Å²) < 4.78 is 13.1. The summed E-state index contributed by atoms with van der Waals surface area (Å²) in [5, 5.41) is 5.60. The largest absolute Gasteiger partial charge is 0.365 e. The highest BCUT2D eigenvalue weighted by atomic mass is 35.5. The van der Waals surface area contributed by atoms with Crippen molar-refractivity contribution in [1.82, 2.24) is 15.0 Å². The van der Waals surface area contributed by atoms with E-state index in [1.807, 2.05) is 12.1 Å². The fourth-order valence-corrected chi connectivity index (χ4v) is 2.18. The molecule has 0 fully saturated rings. The van der Waals surface area contributed by atoms with Gasteiger partial charge in [0, 0.05) is 24.6 Å². The van der Waals surface area contributed by atoms with Crippen molar-refractivity contribution in [2.45, 2.75) is 6.54 Å². The van der Waals surface area contributed by atoms with Crippen LogP contribution < -0.4 is 10.6 Å². The van der Waals surface area contributed by atoms with Crippen LogP contribution in [0.15, 0.2) is 55.1 Å². The van der Waals surface area contributed by atoms with E-state index in [0.717, 1.165) is 5.56 Å². The number of halogens is 2. The van der Waals surface area contributed by atoms with Crippen molar-refractivity contribution in [3.8, 4) is 0 Å². The lowest BCUT2D eigenvalue weighted by atomic mass is 10.3. The van der Waals surface area contributed by atoms with Crippen LogP contribution in [0.3, 0.4) is 0 Å². The minimum Gasteiger partial charge on any atom is -0.365 e. The van der Waals surface area contributed by atoms with E-state index in [0.29, 0.717) is 18.1 Å². The van der Waals surface area contributed by atoms with Gasteiger partial charge in [0.15, 0.2) is 0 Å². The number of aromatic nitrogens is 3. The molecule has 0 saturated heterocycles. The van der Waals surface area contributed by atoms with Gasteiger partial charge in [-0.2, -0.15) is 0 Å². The first-order valence-corrected chi connectivity index (χ1v) is 7.71. The van der Waals surface area contributed by atoms with Crippen LogP contribution in [-0.4, -0.2) is 20.9 Å². The Bertz CT molecular complexity index is 874. The Morgan fingerprint density at radius 2 is 2.04 bits per heavy atom. The number of hydrogen-bond donors (Lipinski definition) is 2. The summed E-state index contributed by atoms with van der Waals surface area (Å²) in [6.07, 6.45) is 6.26. The number of anilines is 2. The second kappa shape index (κ2) is 7.67. The van der Waals surface area contributed by atoms with Crippen LogP contribution in [0.1, 0.15) is 16.1 Å². The molecule has 0 atom stereocenters. The highest BCUT2D eigenvalue weighted by Gasteiger charge is 2.10. The molecule has 6 nitrogen and oxygen atoms in total. The first-order chi connectivity index (χ1) is 12.1. The maximum atomic E-state index is 13.1. The van der Waals surface area contributed by atoms with Gasteiger partial charge in [-0.25, -0.2) is 14.4 Å². The fraction of sp³-hybridized carbons (Fsp3) is 0.0588. The molecule has 25 heavy (non-hydrogen) atoms. The van der Waals surface area contributed by atoms with Gasteiger partial charge in [-0.05, 0) is 29.8 Å². The van der Waals surface area contributed by atoms with Gasteiger partial charge in [0.2, 0.25) is 0 Å². The van der Waals surface area contributed by atoms with Crippen molar-refractivity contribution in [1.29, 1.82) is 0 Å². The fourth-order valence-electron chi connectivity index (χ4n) is 2.00. The first kappa shape index (κ1) is 16.8. The van der Waals surface area contributed by atoms with Crippen molar-refractivity contribution in [3.63, 3.8) is 0 Å². The molecule has 8 heteroatoms. The lowest BCUT2D eigenvalue weighted by molar-refractivity contribution is 0.102. The molecule has 2 heterocycles. The molecule has 2 N–H and O–H groups in total. The minimum absolute atomic E-state index is 0.0705. The Balaban J connectivity index is 1.61. The molecule has 0 spiro atoms. The van der Waals surface area contributed by atoms with Crippen molar-refractivity contribution < 1.29 is 9.18 Å². The van der Waals surface area contributed by atoms with Gasteiger partial charge >= 0.3 is 0 Å². The minimum atomic E-state index is -0.552. The Hall–Kier alpha value is -3.06. The second-order valence-corrected chi connectivity index (χ2v) is 5.49. The average molecular weight is 358 g/mol. The van der Waals surface area contributed by atoms with Crippen LogP contribution in [-0.2, 0) is 6.54 Å². The van der Waals surface area contributed by atoms with E-state index in [1.54, 1.807) is 12.4 Å². The van der Waals surface area contributed by atoms with Gasteiger partial charge < -0.3 is 10.6 Å². The van der Waals surface area contributed by atoms with Crippen LogP contribution in [0, 0.1) is 5.82 Å². The average Bonchev–Trinajstić information content (AvgIpc) is 2.64. The third-order valence-electron chi connectivity index (χ3n) is 3.26. The van der Waals surface area contributed by atoms with E-state index in [-0.39, 0.29) is 10.7 Å². The lowest BCUT2D eigenvalue weighted by Crippen LogP contribution is -2.14. The van der Waals surface area contributed by atoms with Crippen molar-refractivity contribution in [2.24, 2.45) is 0 Å². The summed E-state index contributed by atoms with van der Waals surface area (Å²) in [7, 11) is 0. The van der Waals surface area contributed by atoms with Gasteiger partial charge in [-0.1, -0.05) is 17.7 Å². The summed E-state index contributed by atoms with van der Waals surface area (Å²) >= 11 is 5.68. The van der Waals surface area contributed by atoms with Gasteiger partial charge in [-0.3, -0.25) is 9.78 Å². The molecular formula is C17H13ClFN5O. The molecular weight excluding hydrogens is 345 g/mol. The van der Waals surface area contributed by atoms with E-state index >= 15 is 0 Å². The Labute approximate surface area is 148 Å². The number of nitrogens with zero attached hydrogens (tertiary/aromatic N) is 3. The van der Waals surface area contributed by atoms with Crippen LogP contribution in [0.4, 0.5) is 15.9 Å². The van der Waals surface area contributed by atoms with E-state index in [9.17, 15) is 9.18 Å². The monoisotopic (exact) mass is 357 g/mol. The van der Waals surface area contributed by atoms with Crippen LogP contribution >= 0.6 is 11.6 Å². The Morgan fingerprint density at radius 1 is 1.16 bits per heavy atom. The number of rotatable bonds is 5. The SMILES string of the molecule is O=C(Nc1ccc(F)c(Cl)c1)c1cnc(NCc2cccnc2)cn1. The zero-order valence-corrected chi connectivity index (χ0v) is 13.7. The number of benzene rings is 1. The van der Waals surface area contributed by atoms with E-state index < -0.39 is 11.7 Å². The molecule has 1 amide bonds. The van der Waals surface area contributed by atoms with E-state index in [2.05, 4.69) is 25.6 Å². The molecule has 0 aliphatic heterocycles. The molecule has 126 valence electrons. The summed E-state index contributed by atoms with van der Waals surface area (Å²) in [6.45, 7) is 0.544. The highest BCUT2D eigenvalue weighted by molar-refractivity contribution is 6.31. The molecule has 2 aromatic heterocycles. The molecule has 0 unspecified atom stereocenters. The lowest BCUT2D eigenvalue weighted by Gasteiger charge is -2.07. The van der Waals surface area contributed by atoms with Crippen molar-refractivity contribution in [3.05, 3.63) is 77.2 Å². The van der Waals surface area contributed by atoms with Gasteiger partial charge in [0.1, 0.15) is 17.3 Å². The number of nitrogens with one attached hydrogen (secondary N) is 2. The Kier molecular flexibility index (Phi) is 5.15.